The van der Waals surface area contributed by atoms with Crippen molar-refractivity contribution in [3.8, 4) is 12.3 Å². The second kappa shape index (κ2) is 5.18. The van der Waals surface area contributed by atoms with Gasteiger partial charge in [0.05, 0.1) is 6.61 Å². The summed E-state index contributed by atoms with van der Waals surface area (Å²) in [4.78, 5) is 2.34. The number of rotatable bonds is 4. The van der Waals surface area contributed by atoms with Crippen LogP contribution in [0.1, 0.15) is 25.7 Å². The van der Waals surface area contributed by atoms with E-state index >= 15 is 0 Å². The number of unbranched alkanes of at least 4 members (excludes halogenated alkanes) is 1. The molecule has 0 radical (unpaired) electrons. The van der Waals surface area contributed by atoms with Gasteiger partial charge in [0.25, 0.3) is 0 Å². The Morgan fingerprint density at radius 2 is 2.42 bits per heavy atom. The molecule has 0 aromatic heterocycles. The third-order valence-electron chi connectivity index (χ3n) is 2.48. The second-order valence-electron chi connectivity index (χ2n) is 3.32. The summed E-state index contributed by atoms with van der Waals surface area (Å²) in [5.74, 6) is 2.64. The maximum atomic E-state index is 9.01. The Hall–Kier alpha value is -0.520. The normalized spacial score (nSPS) is 24.2. The molecular weight excluding hydrogens is 150 g/mol. The van der Waals surface area contributed by atoms with E-state index in [0.29, 0.717) is 12.6 Å². The molecule has 0 aliphatic carbocycles. The van der Waals surface area contributed by atoms with Crippen LogP contribution in [-0.2, 0) is 0 Å². The van der Waals surface area contributed by atoms with Crippen molar-refractivity contribution >= 4 is 0 Å². The average molecular weight is 167 g/mol. The Bertz CT molecular complexity index is 162. The molecule has 1 fully saturated rings. The molecule has 0 aromatic carbocycles. The van der Waals surface area contributed by atoms with Crippen molar-refractivity contribution in [2.24, 2.45) is 0 Å². The van der Waals surface area contributed by atoms with Crippen molar-refractivity contribution in [3.05, 3.63) is 0 Å². The van der Waals surface area contributed by atoms with Crippen LogP contribution in [0.3, 0.4) is 0 Å². The van der Waals surface area contributed by atoms with Crippen molar-refractivity contribution in [2.45, 2.75) is 31.7 Å². The fraction of sp³-hybridized carbons (Fsp3) is 0.800. The number of terminal acetylenes is 1. The first-order valence-corrected chi connectivity index (χ1v) is 4.67. The van der Waals surface area contributed by atoms with E-state index in [0.717, 1.165) is 32.4 Å². The van der Waals surface area contributed by atoms with E-state index < -0.39 is 0 Å². The summed E-state index contributed by atoms with van der Waals surface area (Å²) in [5, 5.41) is 9.01. The van der Waals surface area contributed by atoms with E-state index in [1.54, 1.807) is 0 Å². The van der Waals surface area contributed by atoms with Crippen LogP contribution >= 0.6 is 0 Å². The lowest BCUT2D eigenvalue weighted by molar-refractivity contribution is 0.158. The van der Waals surface area contributed by atoms with Gasteiger partial charge in [-0.3, -0.25) is 4.90 Å². The maximum absolute atomic E-state index is 9.01. The highest BCUT2D eigenvalue weighted by Crippen LogP contribution is 2.16. The van der Waals surface area contributed by atoms with Gasteiger partial charge in [0.2, 0.25) is 0 Å². The van der Waals surface area contributed by atoms with E-state index in [4.69, 9.17) is 11.5 Å². The molecule has 1 rings (SSSR count). The zero-order chi connectivity index (χ0) is 8.81. The fourth-order valence-electron chi connectivity index (χ4n) is 1.78. The van der Waals surface area contributed by atoms with Crippen molar-refractivity contribution < 1.29 is 5.11 Å². The minimum atomic E-state index is 0.302. The molecule has 0 saturated carbocycles. The topological polar surface area (TPSA) is 23.5 Å². The fourth-order valence-corrected chi connectivity index (χ4v) is 1.78. The van der Waals surface area contributed by atoms with Crippen molar-refractivity contribution in [1.29, 1.82) is 0 Å². The van der Waals surface area contributed by atoms with Crippen LogP contribution in [-0.4, -0.2) is 35.7 Å². The number of hydrogen-bond acceptors (Lipinski definition) is 2. The highest BCUT2D eigenvalue weighted by Gasteiger charge is 2.22. The molecule has 68 valence electrons. The lowest BCUT2D eigenvalue weighted by Crippen LogP contribution is -2.32. The zero-order valence-electron chi connectivity index (χ0n) is 7.50. The van der Waals surface area contributed by atoms with Gasteiger partial charge in [0.15, 0.2) is 0 Å². The van der Waals surface area contributed by atoms with E-state index in [-0.39, 0.29) is 0 Å². The Balaban J connectivity index is 2.18. The van der Waals surface area contributed by atoms with Gasteiger partial charge in [0, 0.05) is 12.5 Å². The summed E-state index contributed by atoms with van der Waals surface area (Å²) in [6.07, 6.45) is 9.45. The molecule has 0 amide bonds. The summed E-state index contributed by atoms with van der Waals surface area (Å²) in [6, 6.07) is 0.405. The van der Waals surface area contributed by atoms with Crippen LogP contribution in [0.5, 0.6) is 0 Å². The molecule has 1 N–H and O–H groups in total. The van der Waals surface area contributed by atoms with Gasteiger partial charge in [-0.25, -0.2) is 0 Å². The van der Waals surface area contributed by atoms with Crippen molar-refractivity contribution in [2.75, 3.05) is 19.7 Å². The monoisotopic (exact) mass is 167 g/mol. The standard InChI is InChI=1S/C10H17NO/c1-2-3-4-7-11-8-5-6-10(11)9-12/h1,10,12H,3-9H2/t10-/m0/s1. The summed E-state index contributed by atoms with van der Waals surface area (Å²) < 4.78 is 0. The smallest absolute Gasteiger partial charge is 0.0586 e. The number of likely N-dealkylation sites (tertiary alicyclic amines) is 1. The quantitative estimate of drug-likeness (QED) is 0.496. The number of aliphatic hydroxyl groups is 1. The lowest BCUT2D eigenvalue weighted by atomic mass is 10.2. The highest BCUT2D eigenvalue weighted by atomic mass is 16.3. The van der Waals surface area contributed by atoms with Crippen LogP contribution in [0.2, 0.25) is 0 Å². The second-order valence-corrected chi connectivity index (χ2v) is 3.32. The summed E-state index contributed by atoms with van der Waals surface area (Å²) in [5.41, 5.74) is 0. The summed E-state index contributed by atoms with van der Waals surface area (Å²) in [7, 11) is 0. The Kier molecular flexibility index (Phi) is 4.13. The first-order chi connectivity index (χ1) is 5.88. The third kappa shape index (κ3) is 2.51. The van der Waals surface area contributed by atoms with Gasteiger partial charge in [0.1, 0.15) is 0 Å². The van der Waals surface area contributed by atoms with Gasteiger partial charge in [-0.05, 0) is 32.4 Å². The minimum Gasteiger partial charge on any atom is -0.395 e. The largest absolute Gasteiger partial charge is 0.395 e. The summed E-state index contributed by atoms with van der Waals surface area (Å²) >= 11 is 0. The third-order valence-corrected chi connectivity index (χ3v) is 2.48. The van der Waals surface area contributed by atoms with Crippen LogP contribution in [0.15, 0.2) is 0 Å². The molecule has 1 aliphatic rings. The van der Waals surface area contributed by atoms with E-state index in [9.17, 15) is 0 Å². The number of aliphatic hydroxyl groups excluding tert-OH is 1. The molecule has 1 saturated heterocycles. The molecule has 2 nitrogen and oxygen atoms in total. The predicted molar refractivity (Wildman–Crippen MR) is 49.7 cm³/mol. The first-order valence-electron chi connectivity index (χ1n) is 4.67. The maximum Gasteiger partial charge on any atom is 0.0586 e. The van der Waals surface area contributed by atoms with Crippen LogP contribution in [0, 0.1) is 12.3 Å². The Morgan fingerprint density at radius 3 is 3.08 bits per heavy atom. The molecular formula is C10H17NO. The molecule has 1 aliphatic heterocycles. The molecule has 2 heteroatoms. The Morgan fingerprint density at radius 1 is 1.58 bits per heavy atom. The van der Waals surface area contributed by atoms with E-state index in [2.05, 4.69) is 10.8 Å². The zero-order valence-corrected chi connectivity index (χ0v) is 7.50. The highest BCUT2D eigenvalue weighted by molar-refractivity contribution is 4.85. The number of hydrogen-bond donors (Lipinski definition) is 1. The molecule has 0 bridgehead atoms. The molecule has 1 heterocycles. The number of nitrogens with zero attached hydrogens (tertiary/aromatic N) is 1. The van der Waals surface area contributed by atoms with Gasteiger partial charge in [-0.15, -0.1) is 12.3 Å². The van der Waals surface area contributed by atoms with Crippen molar-refractivity contribution in [3.63, 3.8) is 0 Å². The van der Waals surface area contributed by atoms with Crippen LogP contribution in [0.25, 0.3) is 0 Å². The first kappa shape index (κ1) is 9.57. The molecule has 0 aromatic rings. The lowest BCUT2D eigenvalue weighted by Gasteiger charge is -2.21. The van der Waals surface area contributed by atoms with Gasteiger partial charge in [-0.1, -0.05) is 0 Å². The van der Waals surface area contributed by atoms with Gasteiger partial charge < -0.3 is 5.11 Å². The molecule has 0 unspecified atom stereocenters. The van der Waals surface area contributed by atoms with Gasteiger partial charge >= 0.3 is 0 Å². The minimum absolute atomic E-state index is 0.302. The van der Waals surface area contributed by atoms with Gasteiger partial charge in [-0.2, -0.15) is 0 Å². The predicted octanol–water partition coefficient (Wildman–Crippen LogP) is 0.856. The SMILES string of the molecule is C#CCCCN1CCC[C@H]1CO. The Labute approximate surface area is 74.6 Å². The van der Waals surface area contributed by atoms with Crippen LogP contribution < -0.4 is 0 Å². The average Bonchev–Trinajstić information content (AvgIpc) is 2.52. The van der Waals surface area contributed by atoms with Crippen LogP contribution in [0.4, 0.5) is 0 Å². The molecule has 1 atom stereocenters. The van der Waals surface area contributed by atoms with E-state index in [1.807, 2.05) is 0 Å². The summed E-state index contributed by atoms with van der Waals surface area (Å²) in [6.45, 7) is 2.49. The molecule has 0 spiro atoms. The van der Waals surface area contributed by atoms with E-state index in [1.165, 1.54) is 6.42 Å². The van der Waals surface area contributed by atoms with Crippen molar-refractivity contribution in [1.82, 2.24) is 4.90 Å². The molecule has 12 heavy (non-hydrogen) atoms.